The molecule has 0 aromatic heterocycles. The molecular weight excluding hydrogens is 351 g/mol. The number of anilines is 2. The van der Waals surface area contributed by atoms with Crippen LogP contribution in [-0.2, 0) is 6.42 Å². The van der Waals surface area contributed by atoms with E-state index in [1.807, 2.05) is 30.3 Å². The summed E-state index contributed by atoms with van der Waals surface area (Å²) < 4.78 is 6.29. The van der Waals surface area contributed by atoms with Gasteiger partial charge in [0.2, 0.25) is 0 Å². The lowest BCUT2D eigenvalue weighted by atomic mass is 10.1. The summed E-state index contributed by atoms with van der Waals surface area (Å²) in [6.07, 6.45) is 0.954. The summed E-state index contributed by atoms with van der Waals surface area (Å²) in [7, 11) is 1.68. The zero-order valence-corrected chi connectivity index (χ0v) is 13.0. The molecule has 2 aromatic carbocycles. The Bertz CT molecular complexity index is 540. The van der Waals surface area contributed by atoms with Gasteiger partial charge in [0.25, 0.3) is 0 Å². The van der Waals surface area contributed by atoms with E-state index < -0.39 is 0 Å². The summed E-state index contributed by atoms with van der Waals surface area (Å²) in [5.74, 6) is 0.888. The molecule has 0 atom stereocenters. The number of ether oxygens (including phenoxy) is 1. The summed E-state index contributed by atoms with van der Waals surface area (Å²) in [4.78, 5) is 0. The molecule has 100 valence electrons. The molecule has 19 heavy (non-hydrogen) atoms. The molecule has 2 aromatic rings. The summed E-state index contributed by atoms with van der Waals surface area (Å²) in [5.41, 5.74) is 9.02. The van der Waals surface area contributed by atoms with Gasteiger partial charge in [-0.25, -0.2) is 0 Å². The van der Waals surface area contributed by atoms with Crippen molar-refractivity contribution in [2.45, 2.75) is 6.42 Å². The normalized spacial score (nSPS) is 10.2. The minimum absolute atomic E-state index is 0.793. The third-order valence-electron chi connectivity index (χ3n) is 2.90. The molecule has 3 nitrogen and oxygen atoms in total. The lowest BCUT2D eigenvalue weighted by Gasteiger charge is -2.10. The average Bonchev–Trinajstić information content (AvgIpc) is 2.42. The fraction of sp³-hybridized carbons (Fsp3) is 0.200. The Morgan fingerprint density at radius 1 is 1.16 bits per heavy atom. The topological polar surface area (TPSA) is 47.3 Å². The summed E-state index contributed by atoms with van der Waals surface area (Å²) in [6, 6.07) is 14.2. The van der Waals surface area contributed by atoms with Gasteiger partial charge in [-0.05, 0) is 64.9 Å². The fourth-order valence-electron chi connectivity index (χ4n) is 1.83. The van der Waals surface area contributed by atoms with Crippen LogP contribution in [0.2, 0.25) is 0 Å². The number of methoxy groups -OCH3 is 1. The molecular formula is C15H17IN2O. The third kappa shape index (κ3) is 4.02. The number of rotatable bonds is 5. The second kappa shape index (κ2) is 6.65. The Morgan fingerprint density at radius 3 is 2.53 bits per heavy atom. The van der Waals surface area contributed by atoms with Gasteiger partial charge in [-0.2, -0.15) is 0 Å². The number of hydrogen-bond donors (Lipinski definition) is 2. The van der Waals surface area contributed by atoms with E-state index in [1.54, 1.807) is 7.11 Å². The number of benzene rings is 2. The van der Waals surface area contributed by atoms with Crippen molar-refractivity contribution < 1.29 is 4.74 Å². The van der Waals surface area contributed by atoms with Crippen molar-refractivity contribution in [2.75, 3.05) is 24.7 Å². The number of nitrogen functional groups attached to an aromatic ring is 1. The number of hydrogen-bond acceptors (Lipinski definition) is 3. The van der Waals surface area contributed by atoms with Crippen molar-refractivity contribution in [3.63, 3.8) is 0 Å². The fourth-order valence-corrected chi connectivity index (χ4v) is 2.34. The zero-order chi connectivity index (χ0) is 13.7. The second-order valence-corrected chi connectivity index (χ2v) is 5.50. The van der Waals surface area contributed by atoms with Gasteiger partial charge < -0.3 is 15.8 Å². The van der Waals surface area contributed by atoms with Gasteiger partial charge in [0.15, 0.2) is 0 Å². The smallest absolute Gasteiger partial charge is 0.118 e. The van der Waals surface area contributed by atoms with E-state index in [0.717, 1.165) is 33.7 Å². The average molecular weight is 368 g/mol. The first-order valence-electron chi connectivity index (χ1n) is 6.11. The Morgan fingerprint density at radius 2 is 1.89 bits per heavy atom. The quantitative estimate of drug-likeness (QED) is 0.627. The number of halogens is 1. The largest absolute Gasteiger partial charge is 0.497 e. The zero-order valence-electron chi connectivity index (χ0n) is 10.8. The SMILES string of the molecule is COc1ccc(CCNc2ccc(I)cc2N)cc1. The van der Waals surface area contributed by atoms with Crippen LogP contribution in [0.4, 0.5) is 11.4 Å². The van der Waals surface area contributed by atoms with Crippen LogP contribution in [0.25, 0.3) is 0 Å². The van der Waals surface area contributed by atoms with Crippen LogP contribution in [0, 0.1) is 3.57 Å². The molecule has 0 radical (unpaired) electrons. The lowest BCUT2D eigenvalue weighted by Crippen LogP contribution is -2.07. The Labute approximate surface area is 127 Å². The van der Waals surface area contributed by atoms with Crippen LogP contribution in [0.15, 0.2) is 42.5 Å². The van der Waals surface area contributed by atoms with E-state index in [-0.39, 0.29) is 0 Å². The minimum atomic E-state index is 0.793. The minimum Gasteiger partial charge on any atom is -0.497 e. The Kier molecular flexibility index (Phi) is 4.90. The first-order chi connectivity index (χ1) is 9.19. The highest BCUT2D eigenvalue weighted by Crippen LogP contribution is 2.20. The van der Waals surface area contributed by atoms with Crippen molar-refractivity contribution in [3.8, 4) is 5.75 Å². The molecule has 0 aliphatic heterocycles. The van der Waals surface area contributed by atoms with Crippen LogP contribution in [-0.4, -0.2) is 13.7 Å². The van der Waals surface area contributed by atoms with Crippen molar-refractivity contribution in [3.05, 3.63) is 51.6 Å². The van der Waals surface area contributed by atoms with Crippen molar-refractivity contribution in [1.82, 2.24) is 0 Å². The standard InChI is InChI=1S/C15H17IN2O/c1-19-13-5-2-11(3-6-13)8-9-18-15-7-4-12(16)10-14(15)17/h2-7,10,18H,8-9,17H2,1H3. The predicted molar refractivity (Wildman–Crippen MR) is 88.8 cm³/mol. The molecule has 0 aliphatic carbocycles. The molecule has 0 bridgehead atoms. The monoisotopic (exact) mass is 368 g/mol. The van der Waals surface area contributed by atoms with E-state index in [0.29, 0.717) is 0 Å². The summed E-state index contributed by atoms with van der Waals surface area (Å²) >= 11 is 2.26. The summed E-state index contributed by atoms with van der Waals surface area (Å²) in [5, 5.41) is 3.36. The van der Waals surface area contributed by atoms with Gasteiger partial charge in [-0.3, -0.25) is 0 Å². The molecule has 0 spiro atoms. The maximum absolute atomic E-state index is 5.95. The molecule has 0 fully saturated rings. The Balaban J connectivity index is 1.88. The maximum atomic E-state index is 5.95. The van der Waals surface area contributed by atoms with Crippen molar-refractivity contribution >= 4 is 34.0 Å². The van der Waals surface area contributed by atoms with Gasteiger partial charge >= 0.3 is 0 Å². The molecule has 4 heteroatoms. The van der Waals surface area contributed by atoms with E-state index in [2.05, 4.69) is 40.0 Å². The van der Waals surface area contributed by atoms with Crippen LogP contribution in [0.5, 0.6) is 5.75 Å². The predicted octanol–water partition coefficient (Wildman–Crippen LogP) is 3.54. The van der Waals surface area contributed by atoms with Gasteiger partial charge in [0, 0.05) is 10.1 Å². The van der Waals surface area contributed by atoms with Gasteiger partial charge in [-0.1, -0.05) is 12.1 Å². The first kappa shape index (κ1) is 14.0. The molecule has 0 unspecified atom stereocenters. The highest BCUT2D eigenvalue weighted by atomic mass is 127. The highest BCUT2D eigenvalue weighted by molar-refractivity contribution is 14.1. The van der Waals surface area contributed by atoms with E-state index in [9.17, 15) is 0 Å². The highest BCUT2D eigenvalue weighted by Gasteiger charge is 1.99. The molecule has 0 saturated heterocycles. The third-order valence-corrected chi connectivity index (χ3v) is 3.57. The molecule has 0 heterocycles. The van der Waals surface area contributed by atoms with Crippen LogP contribution in [0.1, 0.15) is 5.56 Å². The maximum Gasteiger partial charge on any atom is 0.118 e. The second-order valence-electron chi connectivity index (χ2n) is 4.26. The van der Waals surface area contributed by atoms with Gasteiger partial charge in [0.1, 0.15) is 5.75 Å². The van der Waals surface area contributed by atoms with Crippen molar-refractivity contribution in [2.24, 2.45) is 0 Å². The number of nitrogens with one attached hydrogen (secondary N) is 1. The van der Waals surface area contributed by atoms with E-state index >= 15 is 0 Å². The van der Waals surface area contributed by atoms with Gasteiger partial charge in [0.05, 0.1) is 18.5 Å². The first-order valence-corrected chi connectivity index (χ1v) is 7.19. The van der Waals surface area contributed by atoms with Crippen LogP contribution >= 0.6 is 22.6 Å². The molecule has 0 aliphatic rings. The van der Waals surface area contributed by atoms with Crippen LogP contribution in [0.3, 0.4) is 0 Å². The molecule has 0 saturated carbocycles. The molecule has 2 rings (SSSR count). The van der Waals surface area contributed by atoms with E-state index in [4.69, 9.17) is 10.5 Å². The van der Waals surface area contributed by atoms with Gasteiger partial charge in [-0.15, -0.1) is 0 Å². The molecule has 3 N–H and O–H groups in total. The van der Waals surface area contributed by atoms with E-state index in [1.165, 1.54) is 5.56 Å². The molecule has 0 amide bonds. The number of nitrogens with two attached hydrogens (primary N) is 1. The van der Waals surface area contributed by atoms with Crippen LogP contribution < -0.4 is 15.8 Å². The van der Waals surface area contributed by atoms with Crippen molar-refractivity contribution in [1.29, 1.82) is 0 Å². The lowest BCUT2D eigenvalue weighted by molar-refractivity contribution is 0.414. The summed E-state index contributed by atoms with van der Waals surface area (Å²) in [6.45, 7) is 0.858. The Hall–Kier alpha value is -1.43.